The van der Waals surface area contributed by atoms with Gasteiger partial charge in [-0.05, 0) is 71.5 Å². The highest BCUT2D eigenvalue weighted by Crippen LogP contribution is 2.54. The molecule has 1 saturated heterocycles. The fourth-order valence-corrected chi connectivity index (χ4v) is 6.61. The van der Waals surface area contributed by atoms with Crippen LogP contribution >= 0.6 is 35.1 Å². The Kier molecular flexibility index (Phi) is 8.52. The molecule has 1 heterocycles. The summed E-state index contributed by atoms with van der Waals surface area (Å²) in [6.07, 6.45) is 7.34. The van der Waals surface area contributed by atoms with Crippen LogP contribution in [0.5, 0.6) is 23.0 Å². The lowest BCUT2D eigenvalue weighted by Crippen LogP contribution is -2.20. The molecular formula is C24H27ClO4S2. The van der Waals surface area contributed by atoms with Gasteiger partial charge in [0, 0.05) is 5.03 Å². The van der Waals surface area contributed by atoms with Crippen molar-refractivity contribution in [2.75, 3.05) is 39.9 Å². The van der Waals surface area contributed by atoms with Crippen molar-refractivity contribution in [3.05, 3.63) is 65.8 Å². The summed E-state index contributed by atoms with van der Waals surface area (Å²) in [5, 5.41) is 0.671. The van der Waals surface area contributed by atoms with Crippen molar-refractivity contribution in [2.24, 2.45) is 0 Å². The van der Waals surface area contributed by atoms with Gasteiger partial charge in [-0.25, -0.2) is 0 Å². The molecule has 1 fully saturated rings. The normalized spacial score (nSPS) is 16.2. The number of allylic oxidation sites excluding steroid dienone is 2. The van der Waals surface area contributed by atoms with Crippen LogP contribution < -0.4 is 18.9 Å². The highest BCUT2D eigenvalue weighted by Gasteiger charge is 2.35. The lowest BCUT2D eigenvalue weighted by molar-refractivity contribution is 0.324. The van der Waals surface area contributed by atoms with E-state index in [0.29, 0.717) is 22.3 Å². The van der Waals surface area contributed by atoms with Gasteiger partial charge < -0.3 is 18.9 Å². The molecular weight excluding hydrogens is 452 g/mol. The largest absolute Gasteiger partial charge is 0.497 e. The van der Waals surface area contributed by atoms with Gasteiger partial charge in [0.15, 0.2) is 11.5 Å². The minimum atomic E-state index is -0.265. The number of thioether (sulfide) groups is 2. The second-order valence-electron chi connectivity index (χ2n) is 6.73. The Morgan fingerprint density at radius 3 is 2.03 bits per heavy atom. The van der Waals surface area contributed by atoms with E-state index in [1.807, 2.05) is 72.1 Å². The lowest BCUT2D eigenvalue weighted by atomic mass is 10.1. The molecule has 2 aromatic carbocycles. The maximum absolute atomic E-state index is 6.54. The summed E-state index contributed by atoms with van der Waals surface area (Å²) in [6.45, 7) is 0. The first-order valence-corrected chi connectivity index (χ1v) is 12.2. The Morgan fingerprint density at radius 1 is 0.903 bits per heavy atom. The maximum atomic E-state index is 6.54. The van der Waals surface area contributed by atoms with Crippen molar-refractivity contribution >= 4 is 40.2 Å². The van der Waals surface area contributed by atoms with Gasteiger partial charge in [-0.15, -0.1) is 23.5 Å². The monoisotopic (exact) mass is 478 g/mol. The molecule has 7 heteroatoms. The molecule has 2 aromatic rings. The SMILES string of the molecule is COc1ccc(/C(Cl)=C/C=C/C2(c3cc(OC)c(OC)c(OC)c3)SCCCS2)cc1. The highest BCUT2D eigenvalue weighted by molar-refractivity contribution is 8.18. The van der Waals surface area contributed by atoms with Gasteiger partial charge in [-0.2, -0.15) is 0 Å². The van der Waals surface area contributed by atoms with Crippen molar-refractivity contribution < 1.29 is 18.9 Å². The number of halogens is 1. The highest BCUT2D eigenvalue weighted by atomic mass is 35.5. The fraction of sp³-hybridized carbons (Fsp3) is 0.333. The zero-order chi connectivity index (χ0) is 22.3. The summed E-state index contributed by atoms with van der Waals surface area (Å²) in [5.74, 6) is 4.86. The van der Waals surface area contributed by atoms with Gasteiger partial charge in [0.05, 0.1) is 28.4 Å². The Bertz CT molecular complexity index is 910. The van der Waals surface area contributed by atoms with E-state index < -0.39 is 0 Å². The van der Waals surface area contributed by atoms with Crippen molar-refractivity contribution in [1.29, 1.82) is 0 Å². The summed E-state index contributed by atoms with van der Waals surface area (Å²) in [5.41, 5.74) is 2.04. The smallest absolute Gasteiger partial charge is 0.203 e. The van der Waals surface area contributed by atoms with Crippen LogP contribution in [0.2, 0.25) is 0 Å². The van der Waals surface area contributed by atoms with Crippen molar-refractivity contribution in [3.8, 4) is 23.0 Å². The molecule has 0 unspecified atom stereocenters. The topological polar surface area (TPSA) is 36.9 Å². The van der Waals surface area contributed by atoms with Crippen molar-refractivity contribution in [2.45, 2.75) is 10.5 Å². The molecule has 0 N–H and O–H groups in total. The molecule has 0 atom stereocenters. The molecule has 0 amide bonds. The average molecular weight is 479 g/mol. The Balaban J connectivity index is 1.95. The second kappa shape index (κ2) is 11.1. The first-order chi connectivity index (χ1) is 15.1. The van der Waals surface area contributed by atoms with Crippen molar-refractivity contribution in [1.82, 2.24) is 0 Å². The van der Waals surface area contributed by atoms with E-state index in [9.17, 15) is 0 Å². The van der Waals surface area contributed by atoms with Crippen molar-refractivity contribution in [3.63, 3.8) is 0 Å². The standard InChI is InChI=1S/C24H27ClO4S2/c1-26-19-10-8-17(9-11-19)20(25)7-5-12-24(30-13-6-14-31-24)18-15-21(27-2)23(29-4)22(16-18)28-3/h5,7-12,15-16H,6,13-14H2,1-4H3/b12-5+,20-7-. The second-order valence-corrected chi connectivity index (χ2v) is 10.1. The molecule has 0 spiro atoms. The number of benzene rings is 2. The summed E-state index contributed by atoms with van der Waals surface area (Å²) in [7, 11) is 6.55. The van der Waals surface area contributed by atoms with Gasteiger partial charge in [0.2, 0.25) is 5.75 Å². The maximum Gasteiger partial charge on any atom is 0.203 e. The van der Waals surface area contributed by atoms with Crippen LogP contribution in [0.3, 0.4) is 0 Å². The van der Waals surface area contributed by atoms with Gasteiger partial charge in [-0.1, -0.05) is 23.8 Å². The van der Waals surface area contributed by atoms with E-state index >= 15 is 0 Å². The van der Waals surface area contributed by atoms with Crippen LogP contribution in [-0.2, 0) is 4.08 Å². The van der Waals surface area contributed by atoms with E-state index in [1.54, 1.807) is 28.4 Å². The Hall–Kier alpha value is -1.89. The van der Waals surface area contributed by atoms with Crippen LogP contribution in [0.25, 0.3) is 5.03 Å². The van der Waals surface area contributed by atoms with E-state index in [2.05, 4.69) is 6.08 Å². The van der Waals surface area contributed by atoms with Crippen LogP contribution in [0.4, 0.5) is 0 Å². The molecule has 1 aliphatic rings. The quantitative estimate of drug-likeness (QED) is 0.399. The molecule has 0 radical (unpaired) electrons. The molecule has 4 nitrogen and oxygen atoms in total. The third-order valence-corrected chi connectivity index (χ3v) is 8.55. The molecule has 0 bridgehead atoms. The van der Waals surface area contributed by atoms with Gasteiger partial charge >= 0.3 is 0 Å². The first kappa shape index (κ1) is 23.8. The number of methoxy groups -OCH3 is 4. The molecule has 0 aliphatic carbocycles. The van der Waals surface area contributed by atoms with Crippen LogP contribution in [0.15, 0.2) is 54.6 Å². The molecule has 3 rings (SSSR count). The van der Waals surface area contributed by atoms with Crippen LogP contribution in [-0.4, -0.2) is 39.9 Å². The molecule has 1 aliphatic heterocycles. The number of hydrogen-bond acceptors (Lipinski definition) is 6. The first-order valence-electron chi connectivity index (χ1n) is 9.84. The third-order valence-electron chi connectivity index (χ3n) is 4.91. The fourth-order valence-electron chi connectivity index (χ4n) is 3.30. The lowest BCUT2D eigenvalue weighted by Gasteiger charge is -2.34. The average Bonchev–Trinajstić information content (AvgIpc) is 2.83. The number of hydrogen-bond donors (Lipinski definition) is 0. The molecule has 0 saturated carbocycles. The van der Waals surface area contributed by atoms with Gasteiger partial charge in [0.1, 0.15) is 9.83 Å². The van der Waals surface area contributed by atoms with E-state index in [4.69, 9.17) is 30.5 Å². The minimum absolute atomic E-state index is 0.265. The number of ether oxygens (including phenoxy) is 4. The zero-order valence-electron chi connectivity index (χ0n) is 18.1. The summed E-state index contributed by atoms with van der Waals surface area (Å²) < 4.78 is 21.6. The molecule has 166 valence electrons. The van der Waals surface area contributed by atoms with E-state index in [-0.39, 0.29) is 4.08 Å². The Morgan fingerprint density at radius 2 is 1.52 bits per heavy atom. The predicted molar refractivity (Wildman–Crippen MR) is 133 cm³/mol. The van der Waals surface area contributed by atoms with E-state index in [1.165, 1.54) is 6.42 Å². The van der Waals surface area contributed by atoms with Gasteiger partial charge in [0.25, 0.3) is 0 Å². The molecule has 31 heavy (non-hydrogen) atoms. The summed E-state index contributed by atoms with van der Waals surface area (Å²) in [6, 6.07) is 11.8. The minimum Gasteiger partial charge on any atom is -0.497 e. The summed E-state index contributed by atoms with van der Waals surface area (Å²) in [4.78, 5) is 0. The van der Waals surface area contributed by atoms with Gasteiger partial charge in [-0.3, -0.25) is 0 Å². The van der Waals surface area contributed by atoms with Crippen LogP contribution in [0.1, 0.15) is 17.5 Å². The van der Waals surface area contributed by atoms with Crippen LogP contribution in [0, 0.1) is 0 Å². The Labute approximate surface area is 197 Å². The predicted octanol–water partition coefficient (Wildman–Crippen LogP) is 6.58. The number of rotatable bonds is 8. The van der Waals surface area contributed by atoms with E-state index in [0.717, 1.165) is 28.4 Å². The third kappa shape index (κ3) is 5.48. The zero-order valence-corrected chi connectivity index (χ0v) is 20.5. The summed E-state index contributed by atoms with van der Waals surface area (Å²) >= 11 is 10.4. The molecule has 0 aromatic heterocycles.